The number of halogens is 3. The first-order valence-electron chi connectivity index (χ1n) is 11.7. The van der Waals surface area contributed by atoms with Crippen molar-refractivity contribution in [3.63, 3.8) is 0 Å². The fraction of sp³-hybridized carbons (Fsp3) is 0.214. The van der Waals surface area contributed by atoms with E-state index in [9.17, 15) is 13.2 Å². The van der Waals surface area contributed by atoms with Crippen LogP contribution in [-0.4, -0.2) is 21.8 Å². The van der Waals surface area contributed by atoms with Crippen molar-refractivity contribution in [1.29, 1.82) is 0 Å². The van der Waals surface area contributed by atoms with Gasteiger partial charge in [-0.2, -0.15) is 13.2 Å². The lowest BCUT2D eigenvalue weighted by molar-refractivity contribution is -0.137. The predicted octanol–water partition coefficient (Wildman–Crippen LogP) is 6.69. The van der Waals surface area contributed by atoms with Gasteiger partial charge < -0.3 is 19.5 Å². The largest absolute Gasteiger partial charge is 0.497 e. The van der Waals surface area contributed by atoms with Crippen LogP contribution in [-0.2, 0) is 6.18 Å². The van der Waals surface area contributed by atoms with Crippen molar-refractivity contribution in [2.75, 3.05) is 12.0 Å². The van der Waals surface area contributed by atoms with E-state index in [4.69, 9.17) is 17.0 Å². The van der Waals surface area contributed by atoms with Crippen LogP contribution in [0.25, 0.3) is 5.69 Å². The predicted molar refractivity (Wildman–Crippen MR) is 141 cm³/mol. The van der Waals surface area contributed by atoms with Crippen molar-refractivity contribution in [2.45, 2.75) is 32.1 Å². The molecule has 1 fully saturated rings. The van der Waals surface area contributed by atoms with E-state index in [0.717, 1.165) is 34.4 Å². The summed E-state index contributed by atoms with van der Waals surface area (Å²) in [5.41, 5.74) is 3.98. The Hall–Kier alpha value is -3.85. The smallest absolute Gasteiger partial charge is 0.416 e. The summed E-state index contributed by atoms with van der Waals surface area (Å²) in [5, 5.41) is 3.95. The van der Waals surface area contributed by atoms with E-state index in [1.165, 1.54) is 12.1 Å². The average molecular weight is 523 g/mol. The number of nitrogens with one attached hydrogen (secondary N) is 1. The highest BCUT2D eigenvalue weighted by molar-refractivity contribution is 7.80. The Bertz CT molecular complexity index is 1450. The number of benzene rings is 2. The minimum Gasteiger partial charge on any atom is -0.497 e. The summed E-state index contributed by atoms with van der Waals surface area (Å²) < 4.78 is 47.7. The van der Waals surface area contributed by atoms with Crippen LogP contribution in [0.3, 0.4) is 0 Å². The van der Waals surface area contributed by atoms with Gasteiger partial charge in [-0.1, -0.05) is 18.2 Å². The second kappa shape index (κ2) is 9.55. The normalized spacial score (nSPS) is 17.7. The van der Waals surface area contributed by atoms with Crippen LogP contribution in [0, 0.1) is 13.8 Å². The Morgan fingerprint density at radius 2 is 1.70 bits per heavy atom. The number of methoxy groups -OCH3 is 1. The van der Waals surface area contributed by atoms with Crippen LogP contribution in [0.1, 0.15) is 40.3 Å². The minimum absolute atomic E-state index is 0.282. The number of hydrogen-bond donors (Lipinski definition) is 1. The Morgan fingerprint density at radius 3 is 2.41 bits per heavy atom. The van der Waals surface area contributed by atoms with Gasteiger partial charge in [-0.25, -0.2) is 0 Å². The van der Waals surface area contributed by atoms with Crippen LogP contribution in [0.5, 0.6) is 5.75 Å². The van der Waals surface area contributed by atoms with Gasteiger partial charge in [0.1, 0.15) is 5.75 Å². The highest BCUT2D eigenvalue weighted by atomic mass is 32.1. The summed E-state index contributed by atoms with van der Waals surface area (Å²) in [6.07, 6.45) is -2.69. The molecule has 0 unspecified atom stereocenters. The van der Waals surface area contributed by atoms with Crippen LogP contribution in [0.15, 0.2) is 79.0 Å². The number of nitrogens with zero attached hydrogens (tertiary/aromatic N) is 3. The summed E-state index contributed by atoms with van der Waals surface area (Å²) in [6.45, 7) is 3.81. The topological polar surface area (TPSA) is 42.3 Å². The molecule has 2 atom stereocenters. The number of alkyl halides is 3. The summed E-state index contributed by atoms with van der Waals surface area (Å²) in [7, 11) is 1.61. The zero-order valence-electron chi connectivity index (χ0n) is 20.5. The molecule has 9 heteroatoms. The second-order valence-electron chi connectivity index (χ2n) is 8.91. The highest BCUT2D eigenvalue weighted by Gasteiger charge is 2.42. The highest BCUT2D eigenvalue weighted by Crippen LogP contribution is 2.44. The summed E-state index contributed by atoms with van der Waals surface area (Å²) >= 11 is 5.80. The zero-order valence-corrected chi connectivity index (χ0v) is 21.3. The number of aryl methyl sites for hydroxylation is 1. The Balaban J connectivity index is 1.67. The molecular weight excluding hydrogens is 497 g/mol. The molecule has 4 aromatic rings. The van der Waals surface area contributed by atoms with Crippen LogP contribution >= 0.6 is 12.2 Å². The molecule has 1 aliphatic heterocycles. The number of ether oxygens (including phenoxy) is 1. The Morgan fingerprint density at radius 1 is 0.946 bits per heavy atom. The van der Waals surface area contributed by atoms with Gasteiger partial charge in [0.05, 0.1) is 30.5 Å². The fourth-order valence-electron chi connectivity index (χ4n) is 5.02. The number of anilines is 1. The fourth-order valence-corrected chi connectivity index (χ4v) is 5.36. The van der Waals surface area contributed by atoms with E-state index in [0.29, 0.717) is 16.5 Å². The number of rotatable bonds is 5. The maximum absolute atomic E-state index is 13.5. The Kier molecular flexibility index (Phi) is 6.41. The molecule has 2 aromatic carbocycles. The van der Waals surface area contributed by atoms with Gasteiger partial charge >= 0.3 is 6.18 Å². The zero-order chi connectivity index (χ0) is 26.3. The molecule has 5 nitrogen and oxygen atoms in total. The van der Waals surface area contributed by atoms with Gasteiger partial charge in [-0.3, -0.25) is 4.98 Å². The third-order valence-corrected chi connectivity index (χ3v) is 6.96. The van der Waals surface area contributed by atoms with Crippen LogP contribution < -0.4 is 15.0 Å². The van der Waals surface area contributed by atoms with Gasteiger partial charge in [0.25, 0.3) is 0 Å². The van der Waals surface area contributed by atoms with Crippen molar-refractivity contribution in [1.82, 2.24) is 14.9 Å². The van der Waals surface area contributed by atoms with Crippen LogP contribution in [0.4, 0.5) is 18.9 Å². The molecule has 1 aliphatic rings. The monoisotopic (exact) mass is 522 g/mol. The van der Waals surface area contributed by atoms with Crippen LogP contribution in [0.2, 0.25) is 0 Å². The quantitative estimate of drug-likeness (QED) is 0.296. The third-order valence-electron chi connectivity index (χ3n) is 6.65. The molecule has 0 aliphatic carbocycles. The SMILES string of the molecule is COc1cccc(N2C(=S)N[C@@H](c3ccccn3)[C@H]2c2cc(C)n(-c3cccc(C(F)(F)F)c3)c2C)c1. The molecule has 5 rings (SSSR count). The standard InChI is InChI=1S/C28H25F3N4OS/c1-17-14-23(18(2)34(17)20-9-6-8-19(15-20)28(29,30)31)26-25(24-12-4-5-13-32-24)33-27(37)35(26)21-10-7-11-22(16-21)36-3/h4-16,25-26H,1-3H3,(H,33,37)/t25-,26+/m0/s1. The molecule has 0 amide bonds. The van der Waals surface area contributed by atoms with Gasteiger partial charge in [-0.05, 0) is 80.2 Å². The Labute approximate surface area is 218 Å². The molecule has 37 heavy (non-hydrogen) atoms. The van der Waals surface area contributed by atoms with E-state index < -0.39 is 11.7 Å². The van der Waals surface area contributed by atoms with Crippen molar-refractivity contribution >= 4 is 23.0 Å². The van der Waals surface area contributed by atoms with E-state index in [1.807, 2.05) is 71.8 Å². The van der Waals surface area contributed by atoms with E-state index in [1.54, 1.807) is 19.4 Å². The van der Waals surface area contributed by atoms with E-state index >= 15 is 0 Å². The third kappa shape index (κ3) is 4.55. The number of aromatic nitrogens is 2. The van der Waals surface area contributed by atoms with Crippen molar-refractivity contribution in [3.05, 3.63) is 107 Å². The molecule has 1 N–H and O–H groups in total. The lowest BCUT2D eigenvalue weighted by Gasteiger charge is -2.28. The summed E-state index contributed by atoms with van der Waals surface area (Å²) in [5.74, 6) is 0.690. The maximum atomic E-state index is 13.5. The lowest BCUT2D eigenvalue weighted by atomic mass is 9.96. The molecule has 3 heterocycles. The number of thiocarbonyl (C=S) groups is 1. The van der Waals surface area contributed by atoms with Crippen molar-refractivity contribution in [3.8, 4) is 11.4 Å². The summed E-state index contributed by atoms with van der Waals surface area (Å²) in [4.78, 5) is 6.61. The van der Waals surface area contributed by atoms with E-state index in [-0.39, 0.29) is 12.1 Å². The molecule has 2 aromatic heterocycles. The summed E-state index contributed by atoms with van der Waals surface area (Å²) in [6, 6.07) is 20.1. The van der Waals surface area contributed by atoms with Gasteiger partial charge in [-0.15, -0.1) is 0 Å². The van der Waals surface area contributed by atoms with Gasteiger partial charge in [0.2, 0.25) is 0 Å². The first-order valence-corrected chi connectivity index (χ1v) is 12.1. The average Bonchev–Trinajstić information content (AvgIpc) is 3.39. The molecule has 0 saturated carbocycles. The second-order valence-corrected chi connectivity index (χ2v) is 9.29. The molecular formula is C28H25F3N4OS. The molecule has 0 spiro atoms. The number of hydrogen-bond acceptors (Lipinski definition) is 3. The van der Waals surface area contributed by atoms with Crippen molar-refractivity contribution in [2.24, 2.45) is 0 Å². The van der Waals surface area contributed by atoms with Crippen molar-refractivity contribution < 1.29 is 17.9 Å². The maximum Gasteiger partial charge on any atom is 0.416 e. The number of pyridine rings is 1. The lowest BCUT2D eigenvalue weighted by Crippen LogP contribution is -2.29. The molecule has 1 saturated heterocycles. The first kappa shape index (κ1) is 24.8. The van der Waals surface area contributed by atoms with Gasteiger partial charge in [0, 0.05) is 35.0 Å². The molecule has 190 valence electrons. The molecule has 0 radical (unpaired) electrons. The van der Waals surface area contributed by atoms with E-state index in [2.05, 4.69) is 10.3 Å². The van der Waals surface area contributed by atoms with Gasteiger partial charge in [0.15, 0.2) is 5.11 Å². The first-order chi connectivity index (χ1) is 17.7. The molecule has 0 bridgehead atoms. The minimum atomic E-state index is -4.43.